The van der Waals surface area contributed by atoms with Gasteiger partial charge in [0.25, 0.3) is 20.0 Å². The number of ketones is 2. The Morgan fingerprint density at radius 2 is 1.21 bits per heavy atom. The van der Waals surface area contributed by atoms with E-state index < -0.39 is 32.2 Å². The molecule has 0 saturated carbocycles. The van der Waals surface area contributed by atoms with Crippen molar-refractivity contribution in [2.45, 2.75) is 29.5 Å². The number of aliphatic hydroxyl groups is 2. The first kappa shape index (κ1) is 47.4. The normalized spacial score (nSPS) is 11.4. The summed E-state index contributed by atoms with van der Waals surface area (Å²) in [6.07, 6.45) is -4.94. The number of hydrogen-bond donors (Lipinski definition) is 3. The van der Waals surface area contributed by atoms with Crippen LogP contribution in [-0.2, 0) is 29.6 Å². The van der Waals surface area contributed by atoms with Crippen molar-refractivity contribution in [1.29, 1.82) is 0 Å². The van der Waals surface area contributed by atoms with Crippen molar-refractivity contribution in [3.8, 4) is 11.5 Å². The number of rotatable bonds is 18. The number of sulfonamides is 2. The molecule has 312 valence electrons. The molecule has 0 aliphatic rings. The molecule has 3 N–H and O–H groups in total. The molecule has 0 aromatic heterocycles. The largest absolute Gasteiger partial charge is 0.573 e. The van der Waals surface area contributed by atoms with Crippen LogP contribution in [0.25, 0.3) is 0 Å². The third kappa shape index (κ3) is 14.8. The molecule has 4 rings (SSSR count). The number of thioether (sulfide) groups is 2. The SMILES string of the molecule is COc1ccc(S(=O)(=O)N(CCO)c2ccc(C(=O)CSC(C)=O)cc2)cc1.O=C(CCO)SCC(=O)c1ccc(NS(=O)(=O)c2ccc(OC(F)(F)F)cc2)cc1. The van der Waals surface area contributed by atoms with E-state index in [1.54, 1.807) is 12.1 Å². The highest BCUT2D eigenvalue weighted by Crippen LogP contribution is 2.27. The number of hydrogen-bond acceptors (Lipinski definition) is 14. The number of Topliss-reactive ketones (excluding diaryl/α,β-unsaturated/α-hetero) is 2. The van der Waals surface area contributed by atoms with Crippen molar-refractivity contribution in [3.05, 3.63) is 108 Å². The molecule has 0 unspecified atom stereocenters. The van der Waals surface area contributed by atoms with Crippen LogP contribution in [0.15, 0.2) is 107 Å². The maximum atomic E-state index is 13.0. The van der Waals surface area contributed by atoms with E-state index in [1.807, 2.05) is 0 Å². The van der Waals surface area contributed by atoms with E-state index in [0.717, 1.165) is 52.1 Å². The summed E-state index contributed by atoms with van der Waals surface area (Å²) < 4.78 is 99.2. The van der Waals surface area contributed by atoms with Crippen LogP contribution in [0.4, 0.5) is 24.5 Å². The zero-order valence-electron chi connectivity index (χ0n) is 30.7. The van der Waals surface area contributed by atoms with E-state index in [0.29, 0.717) is 17.0 Å². The Kier molecular flexibility index (Phi) is 17.8. The highest BCUT2D eigenvalue weighted by Gasteiger charge is 2.31. The second-order valence-electron chi connectivity index (χ2n) is 11.5. The number of carbonyl (C=O) groups excluding carboxylic acids is 4. The molecule has 58 heavy (non-hydrogen) atoms. The van der Waals surface area contributed by atoms with Gasteiger partial charge in [-0.1, -0.05) is 23.5 Å². The minimum atomic E-state index is -4.89. The van der Waals surface area contributed by atoms with Crippen molar-refractivity contribution in [2.75, 3.05) is 47.4 Å². The summed E-state index contributed by atoms with van der Waals surface area (Å²) in [6.45, 7) is 0.581. The molecular formula is C37H37F3N2O12S4. The van der Waals surface area contributed by atoms with Gasteiger partial charge in [-0.2, -0.15) is 0 Å². The zero-order valence-corrected chi connectivity index (χ0v) is 33.9. The van der Waals surface area contributed by atoms with Crippen molar-refractivity contribution >= 4 is 76.7 Å². The lowest BCUT2D eigenvalue weighted by Crippen LogP contribution is -2.33. The Bertz CT molecular complexity index is 2240. The van der Waals surface area contributed by atoms with Crippen molar-refractivity contribution in [3.63, 3.8) is 0 Å². The summed E-state index contributed by atoms with van der Waals surface area (Å²) in [6, 6.07) is 21.0. The number of alkyl halides is 3. The number of carbonyl (C=O) groups is 4. The summed E-state index contributed by atoms with van der Waals surface area (Å²) in [5, 5.41) is 17.5. The Hall–Kier alpha value is -4.93. The van der Waals surface area contributed by atoms with Crippen LogP contribution < -0.4 is 18.5 Å². The average molecular weight is 887 g/mol. The van der Waals surface area contributed by atoms with Crippen molar-refractivity contribution < 1.29 is 68.9 Å². The number of ether oxygens (including phenoxy) is 2. The van der Waals surface area contributed by atoms with Gasteiger partial charge in [-0.15, -0.1) is 13.2 Å². The quantitative estimate of drug-likeness (QED) is 0.105. The van der Waals surface area contributed by atoms with E-state index in [1.165, 1.54) is 74.7 Å². The van der Waals surface area contributed by atoms with E-state index in [-0.39, 0.29) is 80.5 Å². The molecule has 0 saturated heterocycles. The number of aliphatic hydroxyl groups excluding tert-OH is 2. The average Bonchev–Trinajstić information content (AvgIpc) is 3.18. The molecule has 0 fully saturated rings. The van der Waals surface area contributed by atoms with Crippen LogP contribution in [0.2, 0.25) is 0 Å². The number of halogens is 3. The molecule has 0 spiro atoms. The standard InChI is InChI=1S/C19H21NO6S2.C18H16F3NO6S2/c1-14(22)27-13-19(23)15-3-5-16(6-4-15)20(11-12-21)28(24,25)18-9-7-17(26-2)8-10-18;19-18(20,21)28-14-5-7-15(8-6-14)30(26,27)22-13-3-1-12(2-4-13)16(24)11-29-17(25)9-10-23/h3-10,21H,11-13H2,1-2H3;1-8,22-23H,9-11H2. The van der Waals surface area contributed by atoms with Gasteiger partial charge in [0.05, 0.1) is 53.9 Å². The van der Waals surface area contributed by atoms with Gasteiger partial charge in [0.15, 0.2) is 21.8 Å². The fraction of sp³-hybridized carbons (Fsp3) is 0.243. The van der Waals surface area contributed by atoms with Gasteiger partial charge >= 0.3 is 6.36 Å². The van der Waals surface area contributed by atoms with Crippen LogP contribution in [0, 0.1) is 0 Å². The predicted octanol–water partition coefficient (Wildman–Crippen LogP) is 5.56. The monoisotopic (exact) mass is 886 g/mol. The second kappa shape index (κ2) is 21.7. The molecule has 0 atom stereocenters. The van der Waals surface area contributed by atoms with Crippen molar-refractivity contribution in [1.82, 2.24) is 0 Å². The molecule has 0 radical (unpaired) electrons. The van der Waals surface area contributed by atoms with Gasteiger partial charge in [-0.3, -0.25) is 28.2 Å². The molecule has 0 aliphatic carbocycles. The number of anilines is 2. The fourth-order valence-electron chi connectivity index (χ4n) is 4.57. The second-order valence-corrected chi connectivity index (χ2v) is 17.2. The first-order valence-corrected chi connectivity index (χ1v) is 21.5. The first-order chi connectivity index (χ1) is 27.3. The summed E-state index contributed by atoms with van der Waals surface area (Å²) in [5.74, 6) is -0.687. The summed E-state index contributed by atoms with van der Waals surface area (Å²) in [4.78, 5) is 46.2. The Morgan fingerprint density at radius 3 is 1.69 bits per heavy atom. The molecular weight excluding hydrogens is 850 g/mol. The minimum Gasteiger partial charge on any atom is -0.497 e. The Balaban J connectivity index is 0.000000311. The predicted molar refractivity (Wildman–Crippen MR) is 212 cm³/mol. The fourth-order valence-corrected chi connectivity index (χ4v) is 8.28. The van der Waals surface area contributed by atoms with E-state index >= 15 is 0 Å². The van der Waals surface area contributed by atoms with Crippen LogP contribution in [0.3, 0.4) is 0 Å². The van der Waals surface area contributed by atoms with Gasteiger partial charge in [0, 0.05) is 30.2 Å². The molecule has 0 heterocycles. The highest BCUT2D eigenvalue weighted by atomic mass is 32.2. The lowest BCUT2D eigenvalue weighted by Gasteiger charge is -2.24. The number of nitrogens with zero attached hydrogens (tertiary/aromatic N) is 1. The molecule has 0 bridgehead atoms. The van der Waals surface area contributed by atoms with Gasteiger partial charge in [0.2, 0.25) is 0 Å². The highest BCUT2D eigenvalue weighted by molar-refractivity contribution is 8.14. The van der Waals surface area contributed by atoms with E-state index in [2.05, 4.69) is 9.46 Å². The zero-order chi connectivity index (χ0) is 43.1. The van der Waals surface area contributed by atoms with Crippen molar-refractivity contribution in [2.24, 2.45) is 0 Å². The first-order valence-electron chi connectivity index (χ1n) is 16.6. The Morgan fingerprint density at radius 1 is 0.707 bits per heavy atom. The third-order valence-corrected chi connectivity index (χ3v) is 12.3. The molecule has 0 amide bonds. The minimum absolute atomic E-state index is 0.0270. The molecule has 21 heteroatoms. The Labute approximate surface area is 340 Å². The summed E-state index contributed by atoms with van der Waals surface area (Å²) in [7, 11) is -6.51. The maximum Gasteiger partial charge on any atom is 0.573 e. The smallest absolute Gasteiger partial charge is 0.497 e. The molecule has 4 aromatic rings. The molecule has 4 aromatic carbocycles. The van der Waals surface area contributed by atoms with E-state index in [9.17, 15) is 54.3 Å². The van der Waals surface area contributed by atoms with E-state index in [4.69, 9.17) is 9.84 Å². The molecule has 14 nitrogen and oxygen atoms in total. The molecule has 0 aliphatic heterocycles. The van der Waals surface area contributed by atoms with Gasteiger partial charge in [-0.25, -0.2) is 16.8 Å². The van der Waals surface area contributed by atoms with Crippen LogP contribution >= 0.6 is 23.5 Å². The number of methoxy groups -OCH3 is 1. The maximum absolute atomic E-state index is 13.0. The number of nitrogens with one attached hydrogen (secondary N) is 1. The van der Waals surface area contributed by atoms with Gasteiger partial charge in [-0.05, 0) is 97.1 Å². The lowest BCUT2D eigenvalue weighted by atomic mass is 10.1. The third-order valence-electron chi connectivity index (χ3n) is 7.34. The summed E-state index contributed by atoms with van der Waals surface area (Å²) in [5.41, 5.74) is 1.09. The lowest BCUT2D eigenvalue weighted by molar-refractivity contribution is -0.274. The van der Waals surface area contributed by atoms with Crippen LogP contribution in [0.5, 0.6) is 11.5 Å². The van der Waals surface area contributed by atoms with Gasteiger partial charge < -0.3 is 19.7 Å². The summed E-state index contributed by atoms with van der Waals surface area (Å²) >= 11 is 1.70. The van der Waals surface area contributed by atoms with Crippen LogP contribution in [-0.4, -0.2) is 93.6 Å². The van der Waals surface area contributed by atoms with Gasteiger partial charge in [0.1, 0.15) is 11.5 Å². The topological polar surface area (TPSA) is 211 Å². The van der Waals surface area contributed by atoms with Crippen LogP contribution in [0.1, 0.15) is 34.1 Å². The number of benzene rings is 4.